The van der Waals surface area contributed by atoms with Crippen molar-refractivity contribution >= 4 is 34.5 Å². The van der Waals surface area contributed by atoms with E-state index in [-0.39, 0.29) is 21.9 Å². The standard InChI is InChI=1S/C14H15ClN2O6/c1-14(2,3)23-9(18)6-17-12(19)7-5-8(13(20)21-4)22-10(7)11(15)16-17/h5H,6H2,1-4H3. The summed E-state index contributed by atoms with van der Waals surface area (Å²) >= 11 is 5.94. The summed E-state index contributed by atoms with van der Waals surface area (Å²) in [5.41, 5.74) is -1.37. The number of esters is 2. The maximum atomic E-state index is 12.3. The fraction of sp³-hybridized carbons (Fsp3) is 0.429. The Morgan fingerprint density at radius 2 is 2.04 bits per heavy atom. The minimum absolute atomic E-state index is 0.0222. The van der Waals surface area contributed by atoms with Gasteiger partial charge in [-0.3, -0.25) is 9.59 Å². The SMILES string of the molecule is COC(=O)c1cc2c(=O)n(CC(=O)OC(C)(C)C)nc(Cl)c2o1. The van der Waals surface area contributed by atoms with E-state index >= 15 is 0 Å². The number of hydrogen-bond acceptors (Lipinski definition) is 7. The molecule has 23 heavy (non-hydrogen) atoms. The number of carbonyl (C=O) groups excluding carboxylic acids is 2. The topological polar surface area (TPSA) is 101 Å². The summed E-state index contributed by atoms with van der Waals surface area (Å²) in [4.78, 5) is 35.6. The van der Waals surface area contributed by atoms with Gasteiger partial charge in [0.2, 0.25) is 5.76 Å². The number of hydrogen-bond donors (Lipinski definition) is 0. The lowest BCUT2D eigenvalue weighted by atomic mass is 10.2. The highest BCUT2D eigenvalue weighted by molar-refractivity contribution is 6.33. The summed E-state index contributed by atoms with van der Waals surface area (Å²) in [6, 6.07) is 1.20. The molecule has 8 nitrogen and oxygen atoms in total. The highest BCUT2D eigenvalue weighted by atomic mass is 35.5. The molecule has 0 bridgehead atoms. The van der Waals surface area contributed by atoms with Crippen molar-refractivity contribution in [2.45, 2.75) is 32.9 Å². The Morgan fingerprint density at radius 3 is 2.61 bits per heavy atom. The lowest BCUT2D eigenvalue weighted by molar-refractivity contribution is -0.155. The Morgan fingerprint density at radius 1 is 1.39 bits per heavy atom. The molecule has 2 aromatic rings. The Bertz CT molecular complexity index is 830. The minimum atomic E-state index is -0.754. The molecule has 2 aromatic heterocycles. The lowest BCUT2D eigenvalue weighted by Crippen LogP contribution is -2.31. The second kappa shape index (κ2) is 6.04. The summed E-state index contributed by atoms with van der Waals surface area (Å²) in [7, 11) is 1.18. The zero-order valence-corrected chi connectivity index (χ0v) is 13.8. The van der Waals surface area contributed by atoms with Gasteiger partial charge in [-0.25, -0.2) is 9.48 Å². The van der Waals surface area contributed by atoms with Crippen molar-refractivity contribution in [3.05, 3.63) is 27.3 Å². The largest absolute Gasteiger partial charge is 0.463 e. The molecule has 0 radical (unpaired) electrons. The van der Waals surface area contributed by atoms with Gasteiger partial charge in [0.15, 0.2) is 10.7 Å². The number of furan rings is 1. The van der Waals surface area contributed by atoms with E-state index < -0.39 is 29.6 Å². The van der Waals surface area contributed by atoms with E-state index in [1.54, 1.807) is 20.8 Å². The smallest absolute Gasteiger partial charge is 0.373 e. The molecule has 0 aromatic carbocycles. The van der Waals surface area contributed by atoms with E-state index in [0.29, 0.717) is 0 Å². The van der Waals surface area contributed by atoms with Crippen LogP contribution in [0, 0.1) is 0 Å². The van der Waals surface area contributed by atoms with Gasteiger partial charge in [-0.1, -0.05) is 11.6 Å². The van der Waals surface area contributed by atoms with Crippen LogP contribution in [0.5, 0.6) is 0 Å². The van der Waals surface area contributed by atoms with Crippen LogP contribution >= 0.6 is 11.6 Å². The van der Waals surface area contributed by atoms with Crippen molar-refractivity contribution in [3.8, 4) is 0 Å². The van der Waals surface area contributed by atoms with Crippen molar-refractivity contribution in [1.29, 1.82) is 0 Å². The van der Waals surface area contributed by atoms with Crippen molar-refractivity contribution in [1.82, 2.24) is 9.78 Å². The molecule has 0 aliphatic carbocycles. The van der Waals surface area contributed by atoms with Gasteiger partial charge in [0.1, 0.15) is 12.1 Å². The molecule has 0 atom stereocenters. The number of methoxy groups -OCH3 is 1. The minimum Gasteiger partial charge on any atom is -0.463 e. The molecular formula is C14H15ClN2O6. The number of carbonyl (C=O) groups is 2. The fourth-order valence-electron chi connectivity index (χ4n) is 1.84. The molecular weight excluding hydrogens is 328 g/mol. The molecule has 0 saturated heterocycles. The van der Waals surface area contributed by atoms with Gasteiger partial charge in [-0.2, -0.15) is 5.10 Å². The monoisotopic (exact) mass is 342 g/mol. The zero-order chi connectivity index (χ0) is 17.4. The van der Waals surface area contributed by atoms with Crippen LogP contribution in [0.25, 0.3) is 11.0 Å². The highest BCUT2D eigenvalue weighted by Gasteiger charge is 2.22. The van der Waals surface area contributed by atoms with E-state index in [1.165, 1.54) is 13.2 Å². The Labute approximate surface area is 135 Å². The summed E-state index contributed by atoms with van der Waals surface area (Å²) in [6.07, 6.45) is 0. The molecule has 0 unspecified atom stereocenters. The van der Waals surface area contributed by atoms with Gasteiger partial charge in [-0.05, 0) is 20.8 Å². The molecule has 0 amide bonds. The van der Waals surface area contributed by atoms with Gasteiger partial charge in [0, 0.05) is 6.07 Å². The van der Waals surface area contributed by atoms with Crippen molar-refractivity contribution in [2.75, 3.05) is 7.11 Å². The molecule has 2 rings (SSSR count). The molecule has 124 valence electrons. The van der Waals surface area contributed by atoms with Crippen molar-refractivity contribution < 1.29 is 23.5 Å². The van der Waals surface area contributed by atoms with Crippen LogP contribution in [-0.2, 0) is 20.8 Å². The van der Waals surface area contributed by atoms with E-state index in [1.807, 2.05) is 0 Å². The Hall–Kier alpha value is -2.35. The number of halogens is 1. The first-order valence-corrected chi connectivity index (χ1v) is 7.00. The maximum Gasteiger partial charge on any atom is 0.373 e. The second-order valence-corrected chi connectivity index (χ2v) is 6.04. The van der Waals surface area contributed by atoms with Gasteiger partial charge >= 0.3 is 11.9 Å². The van der Waals surface area contributed by atoms with Gasteiger partial charge in [0.25, 0.3) is 5.56 Å². The summed E-state index contributed by atoms with van der Waals surface area (Å²) in [6.45, 7) is 4.70. The van der Waals surface area contributed by atoms with Crippen LogP contribution in [0.3, 0.4) is 0 Å². The first-order chi connectivity index (χ1) is 10.6. The second-order valence-electron chi connectivity index (χ2n) is 5.69. The van der Waals surface area contributed by atoms with Crippen molar-refractivity contribution in [3.63, 3.8) is 0 Å². The molecule has 0 N–H and O–H groups in total. The summed E-state index contributed by atoms with van der Waals surface area (Å²) in [5.74, 6) is -1.58. The molecule has 2 heterocycles. The van der Waals surface area contributed by atoms with E-state index in [9.17, 15) is 14.4 Å². The highest BCUT2D eigenvalue weighted by Crippen LogP contribution is 2.22. The quantitative estimate of drug-likeness (QED) is 0.783. The van der Waals surface area contributed by atoms with Crippen LogP contribution in [0.15, 0.2) is 15.3 Å². The maximum absolute atomic E-state index is 12.3. The number of rotatable bonds is 3. The average molecular weight is 343 g/mol. The summed E-state index contributed by atoms with van der Waals surface area (Å²) in [5, 5.41) is 3.66. The molecule has 0 saturated carbocycles. The van der Waals surface area contributed by atoms with Crippen molar-refractivity contribution in [2.24, 2.45) is 0 Å². The number of ether oxygens (including phenoxy) is 2. The van der Waals surface area contributed by atoms with Crippen LogP contribution in [0.4, 0.5) is 0 Å². The van der Waals surface area contributed by atoms with Crippen LogP contribution in [0.2, 0.25) is 5.15 Å². The summed E-state index contributed by atoms with van der Waals surface area (Å²) < 4.78 is 15.7. The molecule has 0 aliphatic heterocycles. The fourth-order valence-corrected chi connectivity index (χ4v) is 2.08. The third-order valence-corrected chi connectivity index (χ3v) is 2.93. The Balaban J connectivity index is 2.43. The van der Waals surface area contributed by atoms with Gasteiger partial charge in [0.05, 0.1) is 12.5 Å². The predicted octanol–water partition coefficient (Wildman–Crippen LogP) is 1.77. The van der Waals surface area contributed by atoms with Crippen LogP contribution < -0.4 is 5.56 Å². The average Bonchev–Trinajstić information content (AvgIpc) is 2.87. The predicted molar refractivity (Wildman–Crippen MR) is 80.5 cm³/mol. The van der Waals surface area contributed by atoms with Gasteiger partial charge < -0.3 is 13.9 Å². The molecule has 9 heteroatoms. The zero-order valence-electron chi connectivity index (χ0n) is 13.0. The number of fused-ring (bicyclic) bond motifs is 1. The van der Waals surface area contributed by atoms with E-state index in [0.717, 1.165) is 4.68 Å². The third-order valence-electron chi connectivity index (χ3n) is 2.68. The number of aromatic nitrogens is 2. The third kappa shape index (κ3) is 3.70. The Kier molecular flexibility index (Phi) is 4.46. The van der Waals surface area contributed by atoms with Crippen LogP contribution in [-0.4, -0.2) is 34.4 Å². The first-order valence-electron chi connectivity index (χ1n) is 6.62. The van der Waals surface area contributed by atoms with Gasteiger partial charge in [-0.15, -0.1) is 0 Å². The molecule has 0 aliphatic rings. The van der Waals surface area contributed by atoms with Crippen LogP contribution in [0.1, 0.15) is 31.3 Å². The first kappa shape index (κ1) is 17.0. The van der Waals surface area contributed by atoms with E-state index in [2.05, 4.69) is 9.84 Å². The number of nitrogens with zero attached hydrogens (tertiary/aromatic N) is 2. The van der Waals surface area contributed by atoms with E-state index in [4.69, 9.17) is 20.8 Å². The normalized spacial score (nSPS) is 11.5. The molecule has 0 spiro atoms. The molecule has 0 fully saturated rings. The lowest BCUT2D eigenvalue weighted by Gasteiger charge is -2.19.